The summed E-state index contributed by atoms with van der Waals surface area (Å²) < 4.78 is 0. The van der Waals surface area contributed by atoms with Crippen LogP contribution < -0.4 is 10.6 Å². The van der Waals surface area contributed by atoms with E-state index in [9.17, 15) is 4.79 Å². The Morgan fingerprint density at radius 2 is 1.78 bits per heavy atom. The van der Waals surface area contributed by atoms with Crippen molar-refractivity contribution in [2.75, 3.05) is 5.32 Å². The first-order valence-electron chi connectivity index (χ1n) is 8.90. The maximum Gasteiger partial charge on any atom is 0.254 e. The van der Waals surface area contributed by atoms with Gasteiger partial charge in [0.25, 0.3) is 5.91 Å². The summed E-state index contributed by atoms with van der Waals surface area (Å²) in [5.74, 6) is 0.639. The Morgan fingerprint density at radius 3 is 2.44 bits per heavy atom. The predicted molar refractivity (Wildman–Crippen MR) is 106 cm³/mol. The largest absolute Gasteiger partial charge is 0.348 e. The van der Waals surface area contributed by atoms with E-state index in [1.165, 1.54) is 18.0 Å². The Hall–Kier alpha value is -3.28. The second kappa shape index (κ2) is 8.40. The zero-order valence-electron chi connectivity index (χ0n) is 15.7. The second-order valence-corrected chi connectivity index (χ2v) is 6.65. The van der Waals surface area contributed by atoms with Crippen LogP contribution in [0.3, 0.4) is 0 Å². The molecule has 1 aromatic carbocycles. The van der Waals surface area contributed by atoms with Crippen molar-refractivity contribution in [3.63, 3.8) is 0 Å². The molecular formula is C21H23N5O. The normalized spacial score (nSPS) is 10.7. The maximum absolute atomic E-state index is 12.3. The second-order valence-electron chi connectivity index (χ2n) is 6.65. The van der Waals surface area contributed by atoms with Crippen LogP contribution in [-0.4, -0.2) is 20.9 Å². The lowest BCUT2D eigenvalue weighted by Gasteiger charge is -2.16. The summed E-state index contributed by atoms with van der Waals surface area (Å²) in [6.45, 7) is 6.78. The summed E-state index contributed by atoms with van der Waals surface area (Å²) >= 11 is 0. The van der Waals surface area contributed by atoms with Crippen molar-refractivity contribution in [3.8, 4) is 0 Å². The van der Waals surface area contributed by atoms with Crippen LogP contribution in [-0.2, 0) is 6.54 Å². The van der Waals surface area contributed by atoms with Crippen molar-refractivity contribution >= 4 is 17.5 Å². The van der Waals surface area contributed by atoms with E-state index in [-0.39, 0.29) is 5.91 Å². The van der Waals surface area contributed by atoms with E-state index in [1.54, 1.807) is 12.4 Å². The number of aromatic nitrogens is 3. The van der Waals surface area contributed by atoms with E-state index >= 15 is 0 Å². The zero-order chi connectivity index (χ0) is 19.2. The highest BCUT2D eigenvalue weighted by Crippen LogP contribution is 2.29. The number of pyridine rings is 1. The number of rotatable bonds is 6. The zero-order valence-corrected chi connectivity index (χ0v) is 15.7. The van der Waals surface area contributed by atoms with Gasteiger partial charge < -0.3 is 10.6 Å². The summed E-state index contributed by atoms with van der Waals surface area (Å²) in [5.41, 5.74) is 4.76. The minimum absolute atomic E-state index is 0.211. The summed E-state index contributed by atoms with van der Waals surface area (Å²) in [4.78, 5) is 24.8. The Morgan fingerprint density at radius 1 is 1.07 bits per heavy atom. The first kappa shape index (κ1) is 18.5. The Labute approximate surface area is 159 Å². The lowest BCUT2D eigenvalue weighted by Crippen LogP contribution is -2.23. The number of benzene rings is 1. The molecule has 0 bridgehead atoms. The molecule has 0 aliphatic rings. The van der Waals surface area contributed by atoms with Crippen LogP contribution in [0.25, 0.3) is 0 Å². The van der Waals surface area contributed by atoms with E-state index in [4.69, 9.17) is 0 Å². The molecule has 138 valence electrons. The monoisotopic (exact) mass is 361 g/mol. The van der Waals surface area contributed by atoms with Crippen LogP contribution >= 0.6 is 0 Å². The van der Waals surface area contributed by atoms with Gasteiger partial charge in [-0.2, -0.15) is 0 Å². The number of hydrogen-bond acceptors (Lipinski definition) is 5. The third-order valence-corrected chi connectivity index (χ3v) is 4.28. The molecule has 0 saturated heterocycles. The van der Waals surface area contributed by atoms with Crippen molar-refractivity contribution < 1.29 is 4.79 Å². The van der Waals surface area contributed by atoms with Gasteiger partial charge in [-0.1, -0.05) is 32.0 Å². The molecule has 1 amide bonds. The van der Waals surface area contributed by atoms with Crippen LogP contribution in [0.2, 0.25) is 0 Å². The topological polar surface area (TPSA) is 79.8 Å². The molecule has 0 aliphatic carbocycles. The molecule has 6 nitrogen and oxygen atoms in total. The summed E-state index contributed by atoms with van der Waals surface area (Å²) in [6.07, 6.45) is 6.46. The molecule has 3 aromatic rings. The molecule has 0 atom stereocenters. The van der Waals surface area contributed by atoms with Gasteiger partial charge >= 0.3 is 0 Å². The minimum Gasteiger partial charge on any atom is -0.348 e. The van der Waals surface area contributed by atoms with Crippen molar-refractivity contribution in [2.24, 2.45) is 0 Å². The number of aryl methyl sites for hydroxylation is 1. The molecule has 0 spiro atoms. The van der Waals surface area contributed by atoms with E-state index in [2.05, 4.69) is 58.5 Å². The van der Waals surface area contributed by atoms with Gasteiger partial charge in [0, 0.05) is 37.0 Å². The molecule has 0 fully saturated rings. The SMILES string of the molecule is Cc1cccc(C(C)C)c1Nc1ncc(C(=O)NCc2ccncc2)cn1. The maximum atomic E-state index is 12.3. The van der Waals surface area contributed by atoms with Gasteiger partial charge in [-0.25, -0.2) is 9.97 Å². The van der Waals surface area contributed by atoms with Crippen LogP contribution in [0.5, 0.6) is 0 Å². The number of anilines is 2. The van der Waals surface area contributed by atoms with Gasteiger partial charge in [0.1, 0.15) is 0 Å². The number of carbonyl (C=O) groups excluding carboxylic acids is 1. The van der Waals surface area contributed by atoms with E-state index < -0.39 is 0 Å². The van der Waals surface area contributed by atoms with Crippen molar-refractivity contribution in [1.29, 1.82) is 0 Å². The first-order valence-corrected chi connectivity index (χ1v) is 8.90. The van der Waals surface area contributed by atoms with Gasteiger partial charge in [0.05, 0.1) is 5.56 Å². The van der Waals surface area contributed by atoms with Crippen molar-refractivity contribution in [3.05, 3.63) is 77.4 Å². The van der Waals surface area contributed by atoms with Crippen LogP contribution in [0.1, 0.15) is 46.8 Å². The molecule has 0 aliphatic heterocycles. The van der Waals surface area contributed by atoms with Gasteiger partial charge in [-0.15, -0.1) is 0 Å². The highest BCUT2D eigenvalue weighted by molar-refractivity contribution is 5.93. The summed E-state index contributed by atoms with van der Waals surface area (Å²) in [7, 11) is 0. The smallest absolute Gasteiger partial charge is 0.254 e. The lowest BCUT2D eigenvalue weighted by atomic mass is 9.98. The third-order valence-electron chi connectivity index (χ3n) is 4.28. The first-order chi connectivity index (χ1) is 13.0. The number of carbonyl (C=O) groups is 1. The standard InChI is InChI=1S/C21H23N5O/c1-14(2)18-6-4-5-15(3)19(18)26-21-24-12-17(13-25-21)20(27)23-11-16-7-9-22-10-8-16/h4-10,12-14H,11H2,1-3H3,(H,23,27)(H,24,25,26). The van der Waals surface area contributed by atoms with E-state index in [0.29, 0.717) is 24.0 Å². The number of amides is 1. The molecule has 6 heteroatoms. The molecule has 3 rings (SSSR count). The number of hydrogen-bond donors (Lipinski definition) is 2. The molecule has 0 radical (unpaired) electrons. The van der Waals surface area contributed by atoms with Crippen LogP contribution in [0, 0.1) is 6.92 Å². The average Bonchev–Trinajstić information content (AvgIpc) is 2.69. The minimum atomic E-state index is -0.211. The van der Waals surface area contributed by atoms with Gasteiger partial charge in [0.2, 0.25) is 5.95 Å². The summed E-state index contributed by atoms with van der Waals surface area (Å²) in [6, 6.07) is 9.92. The molecule has 27 heavy (non-hydrogen) atoms. The highest BCUT2D eigenvalue weighted by Gasteiger charge is 2.11. The fourth-order valence-electron chi connectivity index (χ4n) is 2.75. The van der Waals surface area contributed by atoms with Gasteiger partial charge in [-0.3, -0.25) is 9.78 Å². The third kappa shape index (κ3) is 4.67. The Kier molecular flexibility index (Phi) is 5.76. The molecule has 2 N–H and O–H groups in total. The molecule has 0 saturated carbocycles. The lowest BCUT2D eigenvalue weighted by molar-refractivity contribution is 0.0950. The summed E-state index contributed by atoms with van der Waals surface area (Å²) in [5, 5.41) is 6.14. The van der Waals surface area contributed by atoms with Crippen molar-refractivity contribution in [2.45, 2.75) is 33.2 Å². The van der Waals surface area contributed by atoms with E-state index in [1.807, 2.05) is 18.2 Å². The quantitative estimate of drug-likeness (QED) is 0.694. The van der Waals surface area contributed by atoms with Crippen LogP contribution in [0.4, 0.5) is 11.6 Å². The van der Waals surface area contributed by atoms with Gasteiger partial charge in [-0.05, 0) is 41.7 Å². The Balaban J connectivity index is 1.68. The van der Waals surface area contributed by atoms with E-state index in [0.717, 1.165) is 16.8 Å². The highest BCUT2D eigenvalue weighted by atomic mass is 16.1. The fourth-order valence-corrected chi connectivity index (χ4v) is 2.75. The number of para-hydroxylation sites is 1. The number of nitrogens with one attached hydrogen (secondary N) is 2. The number of nitrogens with zero attached hydrogens (tertiary/aromatic N) is 3. The Bertz CT molecular complexity index is 908. The molecule has 0 unspecified atom stereocenters. The predicted octanol–water partition coefficient (Wildman–Crippen LogP) is 3.98. The van der Waals surface area contributed by atoms with Crippen molar-refractivity contribution in [1.82, 2.24) is 20.3 Å². The van der Waals surface area contributed by atoms with Crippen LogP contribution in [0.15, 0.2) is 55.1 Å². The van der Waals surface area contributed by atoms with Gasteiger partial charge in [0.15, 0.2) is 0 Å². The average molecular weight is 361 g/mol. The molecular weight excluding hydrogens is 338 g/mol. The fraction of sp³-hybridized carbons (Fsp3) is 0.238. The molecule has 2 aromatic heterocycles. The molecule has 2 heterocycles.